The molecular formula is C8H17NO2. The maximum absolute atomic E-state index is 10.4. The molecule has 11 heavy (non-hydrogen) atoms. The first-order valence-electron chi connectivity index (χ1n) is 3.48. The quantitative estimate of drug-likeness (QED) is 0.482. The van der Waals surface area contributed by atoms with E-state index in [1.54, 1.807) is 0 Å². The first-order chi connectivity index (χ1) is 5.13. The lowest BCUT2D eigenvalue weighted by molar-refractivity contribution is -0.136. The van der Waals surface area contributed by atoms with Gasteiger partial charge in [-0.25, -0.2) is 4.79 Å². The molecule has 66 valence electrons. The molecule has 0 aromatic rings. The van der Waals surface area contributed by atoms with Crippen LogP contribution < -0.4 is 5.32 Å². The molecule has 0 atom stereocenters. The van der Waals surface area contributed by atoms with Crippen molar-refractivity contribution in [1.29, 1.82) is 0 Å². The highest BCUT2D eigenvalue weighted by Gasteiger charge is 2.00. The molecule has 3 heteroatoms. The number of methoxy groups -OCH3 is 1. The number of nitrogens with one attached hydrogen (secondary N) is 1. The number of hydrogen-bond acceptors (Lipinski definition) is 3. The second-order valence-corrected chi connectivity index (χ2v) is 1.95. The van der Waals surface area contributed by atoms with Crippen LogP contribution in [0.5, 0.6) is 0 Å². The second-order valence-electron chi connectivity index (χ2n) is 1.95. The molecule has 0 radical (unpaired) electrons. The van der Waals surface area contributed by atoms with Gasteiger partial charge in [0, 0.05) is 5.57 Å². The van der Waals surface area contributed by atoms with Crippen LogP contribution in [0.4, 0.5) is 0 Å². The Morgan fingerprint density at radius 2 is 1.91 bits per heavy atom. The lowest BCUT2D eigenvalue weighted by Gasteiger charge is -1.95. The van der Waals surface area contributed by atoms with Crippen LogP contribution in [0.3, 0.4) is 0 Å². The molecule has 0 heterocycles. The van der Waals surface area contributed by atoms with E-state index in [0.717, 1.165) is 0 Å². The molecule has 0 fully saturated rings. The molecule has 0 aliphatic carbocycles. The van der Waals surface area contributed by atoms with E-state index in [4.69, 9.17) is 0 Å². The largest absolute Gasteiger partial charge is 0.466 e. The van der Waals surface area contributed by atoms with E-state index < -0.39 is 0 Å². The van der Waals surface area contributed by atoms with Gasteiger partial charge in [-0.2, -0.15) is 0 Å². The predicted molar refractivity (Wildman–Crippen MR) is 46.4 cm³/mol. The third kappa shape index (κ3) is 9.17. The maximum atomic E-state index is 10.4. The summed E-state index contributed by atoms with van der Waals surface area (Å²) in [5.41, 5.74) is 0.521. The fraction of sp³-hybridized carbons (Fsp3) is 0.625. The van der Waals surface area contributed by atoms with Crippen LogP contribution in [0, 0.1) is 0 Å². The molecule has 0 aliphatic heterocycles. The summed E-state index contributed by atoms with van der Waals surface area (Å²) >= 11 is 0. The summed E-state index contributed by atoms with van der Waals surface area (Å²) in [5, 5.41) is 2.75. The lowest BCUT2D eigenvalue weighted by Crippen LogP contribution is -2.01. The standard InChI is InChI=1S/C6H10O2.C2H7N/c1-4-5(2)6(7)8-3;1-3-2/h2,4H2,1,3H3;3H,1-2H3. The van der Waals surface area contributed by atoms with Gasteiger partial charge in [-0.3, -0.25) is 0 Å². The smallest absolute Gasteiger partial charge is 0.333 e. The molecule has 0 saturated carbocycles. The van der Waals surface area contributed by atoms with Gasteiger partial charge >= 0.3 is 5.97 Å². The summed E-state index contributed by atoms with van der Waals surface area (Å²) in [6, 6.07) is 0. The fourth-order valence-electron chi connectivity index (χ4n) is 0.289. The van der Waals surface area contributed by atoms with Crippen LogP contribution in [0.15, 0.2) is 12.2 Å². The van der Waals surface area contributed by atoms with E-state index in [9.17, 15) is 4.79 Å². The number of rotatable bonds is 2. The van der Waals surface area contributed by atoms with Crippen LogP contribution >= 0.6 is 0 Å². The molecule has 0 spiro atoms. The number of hydrogen-bond donors (Lipinski definition) is 1. The highest BCUT2D eigenvalue weighted by Crippen LogP contribution is 1.96. The van der Waals surface area contributed by atoms with E-state index >= 15 is 0 Å². The second kappa shape index (κ2) is 9.17. The summed E-state index contributed by atoms with van der Waals surface area (Å²) in [7, 11) is 5.10. The summed E-state index contributed by atoms with van der Waals surface area (Å²) in [6.07, 6.45) is 0.659. The van der Waals surface area contributed by atoms with E-state index in [1.165, 1.54) is 7.11 Å². The molecule has 0 unspecified atom stereocenters. The average Bonchev–Trinajstić information content (AvgIpc) is 2.03. The summed E-state index contributed by atoms with van der Waals surface area (Å²) < 4.78 is 4.36. The topological polar surface area (TPSA) is 38.3 Å². The minimum Gasteiger partial charge on any atom is -0.466 e. The summed E-state index contributed by atoms with van der Waals surface area (Å²) in [5.74, 6) is -0.312. The molecule has 0 saturated heterocycles. The zero-order valence-electron chi connectivity index (χ0n) is 7.73. The number of carbonyl (C=O) groups excluding carboxylic acids is 1. The van der Waals surface area contributed by atoms with Crippen molar-refractivity contribution >= 4 is 5.97 Å². The summed E-state index contributed by atoms with van der Waals surface area (Å²) in [6.45, 7) is 5.33. The summed E-state index contributed by atoms with van der Waals surface area (Å²) in [4.78, 5) is 10.4. The van der Waals surface area contributed by atoms with Crippen molar-refractivity contribution in [2.24, 2.45) is 0 Å². The van der Waals surface area contributed by atoms with E-state index in [2.05, 4.69) is 16.6 Å². The first kappa shape index (κ1) is 12.8. The van der Waals surface area contributed by atoms with Gasteiger partial charge in [0.1, 0.15) is 0 Å². The van der Waals surface area contributed by atoms with Crippen molar-refractivity contribution in [3.05, 3.63) is 12.2 Å². The van der Waals surface area contributed by atoms with Crippen LogP contribution in [-0.2, 0) is 9.53 Å². The fourth-order valence-corrected chi connectivity index (χ4v) is 0.289. The highest BCUT2D eigenvalue weighted by molar-refractivity contribution is 5.87. The van der Waals surface area contributed by atoms with Crippen molar-refractivity contribution in [1.82, 2.24) is 5.32 Å². The maximum Gasteiger partial charge on any atom is 0.333 e. The molecule has 0 bridgehead atoms. The normalized spacial score (nSPS) is 7.64. The number of ether oxygens (including phenoxy) is 1. The van der Waals surface area contributed by atoms with Gasteiger partial charge < -0.3 is 10.1 Å². The van der Waals surface area contributed by atoms with Gasteiger partial charge in [-0.05, 0) is 20.5 Å². The Bertz CT molecular complexity index is 107. The van der Waals surface area contributed by atoms with Gasteiger partial charge in [0.05, 0.1) is 7.11 Å². The first-order valence-corrected chi connectivity index (χ1v) is 3.48. The molecule has 3 nitrogen and oxygen atoms in total. The SMILES string of the molecule is C=C(CC)C(=O)OC.CNC. The van der Waals surface area contributed by atoms with Crippen LogP contribution in [0.1, 0.15) is 13.3 Å². The highest BCUT2D eigenvalue weighted by atomic mass is 16.5. The Morgan fingerprint density at radius 1 is 1.55 bits per heavy atom. The van der Waals surface area contributed by atoms with Gasteiger partial charge in [-0.1, -0.05) is 13.5 Å². The molecule has 0 amide bonds. The number of carbonyl (C=O) groups is 1. The Labute approximate surface area is 68.4 Å². The van der Waals surface area contributed by atoms with Gasteiger partial charge in [-0.15, -0.1) is 0 Å². The molecular weight excluding hydrogens is 142 g/mol. The van der Waals surface area contributed by atoms with Gasteiger partial charge in [0.25, 0.3) is 0 Å². The van der Waals surface area contributed by atoms with Crippen molar-refractivity contribution in [3.8, 4) is 0 Å². The third-order valence-electron chi connectivity index (χ3n) is 0.901. The third-order valence-corrected chi connectivity index (χ3v) is 0.901. The Morgan fingerprint density at radius 3 is 2.00 bits per heavy atom. The predicted octanol–water partition coefficient (Wildman–Crippen LogP) is 0.961. The average molecular weight is 159 g/mol. The Hall–Kier alpha value is -0.830. The minimum atomic E-state index is -0.312. The van der Waals surface area contributed by atoms with E-state index in [1.807, 2.05) is 21.0 Å². The van der Waals surface area contributed by atoms with Crippen molar-refractivity contribution < 1.29 is 9.53 Å². The molecule has 1 N–H and O–H groups in total. The van der Waals surface area contributed by atoms with Crippen molar-refractivity contribution in [2.45, 2.75) is 13.3 Å². The Kier molecular flexibility index (Phi) is 10.7. The van der Waals surface area contributed by atoms with Crippen molar-refractivity contribution in [3.63, 3.8) is 0 Å². The zero-order chi connectivity index (χ0) is 9.28. The molecule has 0 aromatic heterocycles. The van der Waals surface area contributed by atoms with Crippen LogP contribution in [0.2, 0.25) is 0 Å². The monoisotopic (exact) mass is 159 g/mol. The minimum absolute atomic E-state index is 0.312. The molecule has 0 aliphatic rings. The van der Waals surface area contributed by atoms with Crippen LogP contribution in [-0.4, -0.2) is 27.2 Å². The van der Waals surface area contributed by atoms with Crippen molar-refractivity contribution in [2.75, 3.05) is 21.2 Å². The van der Waals surface area contributed by atoms with Crippen LogP contribution in [0.25, 0.3) is 0 Å². The van der Waals surface area contributed by atoms with E-state index in [-0.39, 0.29) is 5.97 Å². The zero-order valence-corrected chi connectivity index (χ0v) is 7.73. The molecule has 0 aromatic carbocycles. The van der Waals surface area contributed by atoms with Gasteiger partial charge in [0.2, 0.25) is 0 Å². The molecule has 0 rings (SSSR count). The van der Waals surface area contributed by atoms with Gasteiger partial charge in [0.15, 0.2) is 0 Å². The lowest BCUT2D eigenvalue weighted by atomic mass is 10.2. The van der Waals surface area contributed by atoms with E-state index in [0.29, 0.717) is 12.0 Å². The Balaban J connectivity index is 0. The number of esters is 1.